The van der Waals surface area contributed by atoms with Crippen molar-refractivity contribution in [3.63, 3.8) is 0 Å². The van der Waals surface area contributed by atoms with Gasteiger partial charge in [0.1, 0.15) is 0 Å². The Hall–Kier alpha value is -0.350. The summed E-state index contributed by atoms with van der Waals surface area (Å²) in [6.45, 7) is 10.5. The predicted octanol–water partition coefficient (Wildman–Crippen LogP) is 0.231. The maximum Gasteiger partial charge on any atom is 0.184 e. The molecular weight excluding hydrogens is 174 g/mol. The molecule has 0 amide bonds. The molecule has 0 saturated carbocycles. The number of carbonyl (C=O) groups excluding carboxylic acids is 1. The molecular formula is C8H19NO2S. The Bertz CT molecular complexity index is 99.7. The normalized spacial score (nSPS) is 8.75. The van der Waals surface area contributed by atoms with E-state index < -0.39 is 5.30 Å². The highest BCUT2D eigenvalue weighted by Crippen LogP contribution is 1.63. The summed E-state index contributed by atoms with van der Waals surface area (Å²) in [6, 6.07) is 0. The lowest BCUT2D eigenvalue weighted by atomic mass is 10.5. The van der Waals surface area contributed by atoms with Crippen molar-refractivity contribution in [3.05, 3.63) is 0 Å². The van der Waals surface area contributed by atoms with Crippen LogP contribution in [0.5, 0.6) is 0 Å². The number of nitrogens with one attached hydrogen (secondary N) is 1. The Labute approximate surface area is 80.5 Å². The molecule has 0 aromatic heterocycles. The summed E-state index contributed by atoms with van der Waals surface area (Å²) in [7, 11) is 1.25. The first-order valence-corrected chi connectivity index (χ1v) is 4.61. The molecule has 0 saturated heterocycles. The van der Waals surface area contributed by atoms with Crippen LogP contribution in [0, 0.1) is 0 Å². The van der Waals surface area contributed by atoms with Crippen LogP contribution in [0.1, 0.15) is 20.8 Å². The van der Waals surface area contributed by atoms with Gasteiger partial charge in [-0.25, -0.2) is 0 Å². The molecule has 0 bridgehead atoms. The van der Waals surface area contributed by atoms with Crippen LogP contribution in [0.15, 0.2) is 0 Å². The minimum Gasteiger partial charge on any atom is -0.698 e. The van der Waals surface area contributed by atoms with Gasteiger partial charge in [0, 0.05) is 0 Å². The molecule has 4 heteroatoms. The molecule has 0 unspecified atom stereocenters. The summed E-state index contributed by atoms with van der Waals surface area (Å²) in [6.07, 6.45) is 0. The number of quaternary nitrogens is 1. The molecule has 1 N–H and O–H groups in total. The van der Waals surface area contributed by atoms with Crippen LogP contribution in [-0.2, 0) is 17.4 Å². The van der Waals surface area contributed by atoms with E-state index in [9.17, 15) is 4.79 Å². The van der Waals surface area contributed by atoms with Crippen LogP contribution in [0.2, 0.25) is 0 Å². The maximum atomic E-state index is 9.41. The van der Waals surface area contributed by atoms with Crippen LogP contribution in [0.25, 0.3) is 0 Å². The van der Waals surface area contributed by atoms with Crippen LogP contribution < -0.4 is 4.90 Å². The van der Waals surface area contributed by atoms with Crippen molar-refractivity contribution in [1.29, 1.82) is 0 Å². The van der Waals surface area contributed by atoms with Gasteiger partial charge in [-0.3, -0.25) is 4.79 Å². The maximum absolute atomic E-state index is 9.41. The van der Waals surface area contributed by atoms with Gasteiger partial charge in [-0.1, -0.05) is 0 Å². The van der Waals surface area contributed by atoms with Crippen molar-refractivity contribution in [1.82, 2.24) is 0 Å². The predicted molar refractivity (Wildman–Crippen MR) is 52.4 cm³/mol. The van der Waals surface area contributed by atoms with Crippen molar-refractivity contribution in [3.8, 4) is 0 Å². The molecule has 0 aromatic rings. The van der Waals surface area contributed by atoms with Crippen LogP contribution >= 0.6 is 0 Å². The van der Waals surface area contributed by atoms with Crippen molar-refractivity contribution >= 4 is 17.9 Å². The highest BCUT2D eigenvalue weighted by Gasteiger charge is 1.92. The van der Waals surface area contributed by atoms with E-state index in [2.05, 4.69) is 38.1 Å². The second kappa shape index (κ2) is 10.7. The minimum absolute atomic E-state index is 0.662. The Balaban J connectivity index is 0. The zero-order valence-corrected chi connectivity index (χ0v) is 9.16. The number of rotatable bonds is 3. The van der Waals surface area contributed by atoms with Gasteiger partial charge in [-0.15, -0.1) is 0 Å². The minimum atomic E-state index is -0.662. The number of hydrogen-bond acceptors (Lipinski definition) is 3. The molecule has 0 aliphatic heterocycles. The standard InChI is InChI=1S/C6H15N.C2H4O2S/c1-4-7(5-2)6-3;1-4-2(3)5/h4-6H2,1-3H3;1H3,(H,3,5). The third kappa shape index (κ3) is 12.3. The number of carbonyl (C=O) groups is 1. The van der Waals surface area contributed by atoms with E-state index in [1.807, 2.05) is 0 Å². The Kier molecular flexibility index (Phi) is 12.6. The fourth-order valence-electron chi connectivity index (χ4n) is 0.750. The molecule has 0 rings (SSSR count). The average molecular weight is 193 g/mol. The van der Waals surface area contributed by atoms with Gasteiger partial charge in [-0.05, 0) is 20.8 Å². The lowest BCUT2D eigenvalue weighted by molar-refractivity contribution is -0.894. The topological polar surface area (TPSA) is 30.7 Å². The molecule has 0 fully saturated rings. The van der Waals surface area contributed by atoms with Gasteiger partial charge in [0.2, 0.25) is 0 Å². The van der Waals surface area contributed by atoms with Gasteiger partial charge in [0.15, 0.2) is 5.30 Å². The van der Waals surface area contributed by atoms with Gasteiger partial charge in [-0.2, -0.15) is 0 Å². The number of ether oxygens (including phenoxy) is 1. The Morgan fingerprint density at radius 1 is 1.25 bits per heavy atom. The molecule has 0 aromatic carbocycles. The van der Waals surface area contributed by atoms with E-state index in [4.69, 9.17) is 0 Å². The second-order valence-electron chi connectivity index (χ2n) is 2.26. The lowest BCUT2D eigenvalue weighted by Gasteiger charge is -2.10. The number of methoxy groups -OCH3 is 1. The summed E-state index contributed by atoms with van der Waals surface area (Å²) < 4.78 is 3.93. The van der Waals surface area contributed by atoms with Crippen molar-refractivity contribution in [2.45, 2.75) is 20.8 Å². The highest BCUT2D eigenvalue weighted by atomic mass is 32.1. The molecule has 0 atom stereocenters. The molecule has 0 aliphatic carbocycles. The van der Waals surface area contributed by atoms with Crippen molar-refractivity contribution in [2.24, 2.45) is 0 Å². The molecule has 3 nitrogen and oxygen atoms in total. The molecule has 12 heavy (non-hydrogen) atoms. The number of hydrogen-bond donors (Lipinski definition) is 1. The summed E-state index contributed by atoms with van der Waals surface area (Å²) in [5.74, 6) is 0. The second-order valence-corrected chi connectivity index (χ2v) is 2.60. The van der Waals surface area contributed by atoms with E-state index in [1.54, 1.807) is 4.90 Å². The van der Waals surface area contributed by atoms with Gasteiger partial charge >= 0.3 is 0 Å². The zero-order valence-electron chi connectivity index (χ0n) is 8.35. The largest absolute Gasteiger partial charge is 0.698 e. The van der Waals surface area contributed by atoms with E-state index in [0.29, 0.717) is 0 Å². The molecule has 74 valence electrons. The lowest BCUT2D eigenvalue weighted by Crippen LogP contribution is -3.11. The van der Waals surface area contributed by atoms with Crippen LogP contribution in [0.4, 0.5) is 4.79 Å². The summed E-state index contributed by atoms with van der Waals surface area (Å²) in [5, 5.41) is -0.662. The van der Waals surface area contributed by atoms with Gasteiger partial charge < -0.3 is 22.3 Å². The van der Waals surface area contributed by atoms with E-state index in [-0.39, 0.29) is 0 Å². The van der Waals surface area contributed by atoms with Crippen molar-refractivity contribution < 1.29 is 14.4 Å². The van der Waals surface area contributed by atoms with Gasteiger partial charge in [0.05, 0.1) is 26.7 Å². The molecule has 0 heterocycles. The van der Waals surface area contributed by atoms with Crippen LogP contribution in [-0.4, -0.2) is 32.0 Å². The SMILES string of the molecule is CC[NH+](CC)CC.COC(=O)[S-]. The summed E-state index contributed by atoms with van der Waals surface area (Å²) in [5.41, 5.74) is 0. The Morgan fingerprint density at radius 3 is 1.50 bits per heavy atom. The smallest absolute Gasteiger partial charge is 0.184 e. The van der Waals surface area contributed by atoms with E-state index >= 15 is 0 Å². The molecule has 0 spiro atoms. The third-order valence-corrected chi connectivity index (χ3v) is 1.83. The van der Waals surface area contributed by atoms with E-state index in [0.717, 1.165) is 0 Å². The monoisotopic (exact) mass is 193 g/mol. The van der Waals surface area contributed by atoms with Crippen molar-refractivity contribution in [2.75, 3.05) is 26.7 Å². The van der Waals surface area contributed by atoms with E-state index in [1.165, 1.54) is 26.7 Å². The molecule has 0 radical (unpaired) electrons. The van der Waals surface area contributed by atoms with Gasteiger partial charge in [0.25, 0.3) is 0 Å². The van der Waals surface area contributed by atoms with Crippen LogP contribution in [0.3, 0.4) is 0 Å². The first-order chi connectivity index (χ1) is 5.62. The first kappa shape index (κ1) is 14.2. The average Bonchev–Trinajstić information content (AvgIpc) is 2.09. The fourth-order valence-corrected chi connectivity index (χ4v) is 0.750. The fraction of sp³-hybridized carbons (Fsp3) is 0.875. The molecule has 0 aliphatic rings. The highest BCUT2D eigenvalue weighted by molar-refractivity contribution is 7.76. The third-order valence-electron chi connectivity index (χ3n) is 1.67. The summed E-state index contributed by atoms with van der Waals surface area (Å²) in [4.78, 5) is 11.1. The first-order valence-electron chi connectivity index (χ1n) is 4.20. The summed E-state index contributed by atoms with van der Waals surface area (Å²) >= 11 is 3.92. The Morgan fingerprint density at radius 2 is 1.50 bits per heavy atom. The quantitative estimate of drug-likeness (QED) is 0.514. The zero-order chi connectivity index (χ0) is 9.98.